The lowest BCUT2D eigenvalue weighted by molar-refractivity contribution is -0.144. The number of rotatable bonds is 4. The van der Waals surface area contributed by atoms with E-state index >= 15 is 0 Å². The third-order valence-electron chi connectivity index (χ3n) is 3.20. The van der Waals surface area contributed by atoms with Crippen LogP contribution in [0.5, 0.6) is 5.75 Å². The summed E-state index contributed by atoms with van der Waals surface area (Å²) in [5.74, 6) is -1.15. The maximum absolute atomic E-state index is 12.7. The number of ether oxygens (including phenoxy) is 1. The average Bonchev–Trinajstić information content (AvgIpc) is 3.04. The molecule has 2 heterocycles. The van der Waals surface area contributed by atoms with Gasteiger partial charge < -0.3 is 18.7 Å². The number of halogens is 1. The minimum Gasteiger partial charge on any atom is -0.479 e. The summed E-state index contributed by atoms with van der Waals surface area (Å²) in [4.78, 5) is 23.7. The van der Waals surface area contributed by atoms with E-state index in [0.29, 0.717) is 10.6 Å². The zero-order valence-electron chi connectivity index (χ0n) is 11.9. The number of fused-ring (bicyclic) bond motifs is 1. The van der Waals surface area contributed by atoms with Crippen LogP contribution in [0.3, 0.4) is 0 Å². The van der Waals surface area contributed by atoms with Gasteiger partial charge in [0.15, 0.2) is 11.9 Å². The summed E-state index contributed by atoms with van der Waals surface area (Å²) in [6, 6.07) is 7.77. The second-order valence-corrected chi connectivity index (χ2v) is 5.24. The van der Waals surface area contributed by atoms with Crippen molar-refractivity contribution in [3.63, 3.8) is 0 Å². The first-order valence-electron chi connectivity index (χ1n) is 6.67. The minimum absolute atomic E-state index is 0.0305. The van der Waals surface area contributed by atoms with Crippen molar-refractivity contribution in [1.82, 2.24) is 0 Å². The highest BCUT2D eigenvalue weighted by Crippen LogP contribution is 2.32. The maximum atomic E-state index is 12.7. The molecular weight excluding hydrogens is 324 g/mol. The lowest BCUT2D eigenvalue weighted by atomic mass is 10.2. The van der Waals surface area contributed by atoms with E-state index in [1.165, 1.54) is 19.3 Å². The molecular formula is C16H11ClO6. The monoisotopic (exact) mass is 334 g/mol. The fourth-order valence-corrected chi connectivity index (χ4v) is 2.23. The van der Waals surface area contributed by atoms with Crippen LogP contribution in [0.15, 0.2) is 50.2 Å². The summed E-state index contributed by atoms with van der Waals surface area (Å²) in [5.41, 5.74) is -0.227. The summed E-state index contributed by atoms with van der Waals surface area (Å²) < 4.78 is 16.2. The molecule has 118 valence electrons. The molecule has 3 aromatic rings. The van der Waals surface area contributed by atoms with Gasteiger partial charge in [-0.3, -0.25) is 4.79 Å². The molecule has 7 heteroatoms. The molecule has 1 atom stereocenters. The van der Waals surface area contributed by atoms with Gasteiger partial charge in [0.2, 0.25) is 16.9 Å². The number of hydrogen-bond donors (Lipinski definition) is 1. The molecule has 0 radical (unpaired) electrons. The Morgan fingerprint density at radius 2 is 2.13 bits per heavy atom. The van der Waals surface area contributed by atoms with E-state index in [2.05, 4.69) is 0 Å². The highest BCUT2D eigenvalue weighted by Gasteiger charge is 2.23. The number of carboxylic acid groups (broad SMARTS) is 1. The third-order valence-corrected chi connectivity index (χ3v) is 3.43. The van der Waals surface area contributed by atoms with Crippen LogP contribution in [0.4, 0.5) is 0 Å². The van der Waals surface area contributed by atoms with E-state index in [1.807, 2.05) is 0 Å². The average molecular weight is 335 g/mol. The molecule has 23 heavy (non-hydrogen) atoms. The fraction of sp³-hybridized carbons (Fsp3) is 0.125. The van der Waals surface area contributed by atoms with Crippen LogP contribution in [-0.2, 0) is 4.79 Å². The van der Waals surface area contributed by atoms with E-state index in [1.54, 1.807) is 24.3 Å². The number of aliphatic carboxylic acids is 1. The predicted octanol–water partition coefficient (Wildman–Crippen LogP) is 3.56. The van der Waals surface area contributed by atoms with Crippen LogP contribution in [0.2, 0.25) is 5.02 Å². The van der Waals surface area contributed by atoms with Crippen LogP contribution < -0.4 is 10.2 Å². The van der Waals surface area contributed by atoms with Gasteiger partial charge in [-0.1, -0.05) is 11.6 Å². The van der Waals surface area contributed by atoms with E-state index in [9.17, 15) is 9.59 Å². The first-order chi connectivity index (χ1) is 11.0. The molecule has 1 unspecified atom stereocenters. The summed E-state index contributed by atoms with van der Waals surface area (Å²) in [6.07, 6.45) is 0.175. The lowest BCUT2D eigenvalue weighted by Gasteiger charge is -2.13. The molecule has 0 spiro atoms. The van der Waals surface area contributed by atoms with E-state index < -0.39 is 17.5 Å². The Labute approximate surface area is 134 Å². The Balaban J connectivity index is 2.28. The van der Waals surface area contributed by atoms with Crippen LogP contribution in [0.1, 0.15) is 6.92 Å². The Hall–Kier alpha value is -2.73. The van der Waals surface area contributed by atoms with Crippen LogP contribution in [-0.4, -0.2) is 17.2 Å². The lowest BCUT2D eigenvalue weighted by Crippen LogP contribution is -2.26. The Morgan fingerprint density at radius 1 is 1.35 bits per heavy atom. The number of benzene rings is 1. The Bertz CT molecular complexity index is 926. The summed E-state index contributed by atoms with van der Waals surface area (Å²) in [6.45, 7) is 1.32. The van der Waals surface area contributed by atoms with Gasteiger partial charge in [0.05, 0.1) is 11.6 Å². The molecule has 0 aliphatic heterocycles. The topological polar surface area (TPSA) is 89.9 Å². The highest BCUT2D eigenvalue weighted by atomic mass is 35.5. The van der Waals surface area contributed by atoms with Crippen LogP contribution in [0.25, 0.3) is 22.5 Å². The molecule has 0 aliphatic carbocycles. The van der Waals surface area contributed by atoms with Crippen molar-refractivity contribution in [3.8, 4) is 17.3 Å². The van der Waals surface area contributed by atoms with Gasteiger partial charge in [-0.05, 0) is 37.3 Å². The number of carboxylic acids is 1. The van der Waals surface area contributed by atoms with Gasteiger partial charge in [0.1, 0.15) is 5.58 Å². The standard InChI is InChI=1S/C16H11ClO6/c1-8(16(19)20)22-15-13(18)10-7-9(17)4-5-11(10)23-14(15)12-3-2-6-21-12/h2-8H,1H3,(H,19,20). The molecule has 1 N–H and O–H groups in total. The molecule has 0 amide bonds. The van der Waals surface area contributed by atoms with Gasteiger partial charge in [0.25, 0.3) is 0 Å². The smallest absolute Gasteiger partial charge is 0.344 e. The number of carbonyl (C=O) groups is 1. The molecule has 0 bridgehead atoms. The minimum atomic E-state index is -1.23. The molecule has 0 saturated heterocycles. The number of hydrogen-bond acceptors (Lipinski definition) is 5. The van der Waals surface area contributed by atoms with Crippen molar-refractivity contribution in [2.24, 2.45) is 0 Å². The molecule has 6 nitrogen and oxygen atoms in total. The first kappa shape index (κ1) is 15.2. The fourth-order valence-electron chi connectivity index (χ4n) is 2.05. The quantitative estimate of drug-likeness (QED) is 0.784. The molecule has 2 aromatic heterocycles. The predicted molar refractivity (Wildman–Crippen MR) is 82.9 cm³/mol. The van der Waals surface area contributed by atoms with Crippen molar-refractivity contribution < 1.29 is 23.5 Å². The Morgan fingerprint density at radius 3 is 2.78 bits per heavy atom. The normalized spacial score (nSPS) is 12.3. The summed E-state index contributed by atoms with van der Waals surface area (Å²) in [5, 5.41) is 9.56. The van der Waals surface area contributed by atoms with Crippen LogP contribution >= 0.6 is 11.6 Å². The van der Waals surface area contributed by atoms with E-state index in [0.717, 1.165) is 0 Å². The van der Waals surface area contributed by atoms with E-state index in [4.69, 9.17) is 30.3 Å². The number of furan rings is 1. The third kappa shape index (κ3) is 2.80. The van der Waals surface area contributed by atoms with Gasteiger partial charge in [0, 0.05) is 5.02 Å². The molecule has 0 fully saturated rings. The summed E-state index contributed by atoms with van der Waals surface area (Å²) >= 11 is 5.90. The van der Waals surface area contributed by atoms with Gasteiger partial charge in [-0.2, -0.15) is 0 Å². The Kier molecular flexibility index (Phi) is 3.83. The molecule has 3 rings (SSSR count). The van der Waals surface area contributed by atoms with Gasteiger partial charge in [-0.25, -0.2) is 4.79 Å². The van der Waals surface area contributed by atoms with E-state index in [-0.39, 0.29) is 22.7 Å². The van der Waals surface area contributed by atoms with Gasteiger partial charge >= 0.3 is 5.97 Å². The first-order valence-corrected chi connectivity index (χ1v) is 7.05. The van der Waals surface area contributed by atoms with Crippen LogP contribution in [0, 0.1) is 0 Å². The molecule has 0 aliphatic rings. The highest BCUT2D eigenvalue weighted by molar-refractivity contribution is 6.31. The van der Waals surface area contributed by atoms with Crippen molar-refractivity contribution >= 4 is 28.5 Å². The largest absolute Gasteiger partial charge is 0.479 e. The van der Waals surface area contributed by atoms with Crippen molar-refractivity contribution in [3.05, 3.63) is 51.8 Å². The molecule has 0 saturated carbocycles. The molecule has 1 aromatic carbocycles. The van der Waals surface area contributed by atoms with Crippen molar-refractivity contribution in [1.29, 1.82) is 0 Å². The van der Waals surface area contributed by atoms with Crippen molar-refractivity contribution in [2.75, 3.05) is 0 Å². The second-order valence-electron chi connectivity index (χ2n) is 4.81. The maximum Gasteiger partial charge on any atom is 0.344 e. The zero-order chi connectivity index (χ0) is 16.6. The second kappa shape index (κ2) is 5.81. The van der Waals surface area contributed by atoms with Gasteiger partial charge in [-0.15, -0.1) is 0 Å². The zero-order valence-corrected chi connectivity index (χ0v) is 12.7. The van der Waals surface area contributed by atoms with Crippen molar-refractivity contribution in [2.45, 2.75) is 13.0 Å². The summed E-state index contributed by atoms with van der Waals surface area (Å²) in [7, 11) is 0. The SMILES string of the molecule is CC(Oc1c(-c2ccco2)oc2ccc(Cl)cc2c1=O)C(=O)O.